The zero-order valence-corrected chi connectivity index (χ0v) is 14.0. The third-order valence-electron chi connectivity index (χ3n) is 2.87. The summed E-state index contributed by atoms with van der Waals surface area (Å²) in [6.45, 7) is 5.11. The highest BCUT2D eigenvalue weighted by atomic mass is 32.2. The number of anilines is 2. The minimum atomic E-state index is -0.346. The highest BCUT2D eigenvalue weighted by molar-refractivity contribution is 8.00. The first kappa shape index (κ1) is 17.0. The van der Waals surface area contributed by atoms with Crippen LogP contribution >= 0.6 is 11.8 Å². The first-order chi connectivity index (χ1) is 10.9. The Kier molecular flexibility index (Phi) is 5.70. The summed E-state index contributed by atoms with van der Waals surface area (Å²) in [5.74, 6) is -0.311. The maximum atomic E-state index is 12.3. The molecule has 2 amide bonds. The normalized spacial score (nSPS) is 11.6. The van der Waals surface area contributed by atoms with Crippen molar-refractivity contribution < 1.29 is 9.59 Å². The molecule has 120 valence electrons. The fourth-order valence-electron chi connectivity index (χ4n) is 1.82. The van der Waals surface area contributed by atoms with Crippen molar-refractivity contribution in [1.82, 2.24) is 9.97 Å². The van der Waals surface area contributed by atoms with Gasteiger partial charge in [0.05, 0.1) is 5.25 Å². The number of carbonyl (C=O) groups excluding carboxylic acids is 2. The largest absolute Gasteiger partial charge is 0.326 e. The molecule has 0 bridgehead atoms. The summed E-state index contributed by atoms with van der Waals surface area (Å²) in [5, 5.41) is 5.72. The number of amides is 2. The van der Waals surface area contributed by atoms with Crippen LogP contribution in [0.3, 0.4) is 0 Å². The molecule has 0 aliphatic rings. The molecule has 1 aromatic carbocycles. The van der Waals surface area contributed by atoms with E-state index < -0.39 is 0 Å². The average molecular weight is 330 g/mol. The Morgan fingerprint density at radius 3 is 2.52 bits per heavy atom. The SMILES string of the molecule is CC(=O)Nc1cccc(NC(=O)[C@@H](C)Sc2nccc(C)n2)c1. The van der Waals surface area contributed by atoms with Gasteiger partial charge in [-0.1, -0.05) is 17.8 Å². The van der Waals surface area contributed by atoms with Gasteiger partial charge < -0.3 is 10.6 Å². The molecule has 0 fully saturated rings. The van der Waals surface area contributed by atoms with Crippen molar-refractivity contribution in [2.45, 2.75) is 31.2 Å². The Morgan fingerprint density at radius 2 is 1.87 bits per heavy atom. The maximum absolute atomic E-state index is 12.3. The average Bonchev–Trinajstić information content (AvgIpc) is 2.46. The molecule has 6 nitrogen and oxygen atoms in total. The van der Waals surface area contributed by atoms with E-state index in [0.29, 0.717) is 16.5 Å². The topological polar surface area (TPSA) is 84.0 Å². The van der Waals surface area contributed by atoms with Crippen molar-refractivity contribution in [3.05, 3.63) is 42.2 Å². The van der Waals surface area contributed by atoms with Gasteiger partial charge in [-0.15, -0.1) is 0 Å². The van der Waals surface area contributed by atoms with Crippen LogP contribution in [0.25, 0.3) is 0 Å². The number of carbonyl (C=O) groups is 2. The first-order valence-electron chi connectivity index (χ1n) is 7.09. The smallest absolute Gasteiger partial charge is 0.237 e. The van der Waals surface area contributed by atoms with Crippen LogP contribution in [0.4, 0.5) is 11.4 Å². The predicted octanol–water partition coefficient (Wildman–Crippen LogP) is 2.86. The second-order valence-electron chi connectivity index (χ2n) is 4.99. The molecular formula is C16H18N4O2S. The Balaban J connectivity index is 1.99. The molecule has 0 spiro atoms. The number of nitrogens with zero attached hydrogens (tertiary/aromatic N) is 2. The van der Waals surface area contributed by atoms with Gasteiger partial charge in [0, 0.05) is 30.2 Å². The molecule has 0 unspecified atom stereocenters. The van der Waals surface area contributed by atoms with Gasteiger partial charge >= 0.3 is 0 Å². The standard InChI is InChI=1S/C16H18N4O2S/c1-10-7-8-17-16(18-10)23-11(2)15(22)20-14-6-4-5-13(9-14)19-12(3)21/h4-9,11H,1-3H3,(H,19,21)(H,20,22)/t11-/m1/s1. The van der Waals surface area contributed by atoms with E-state index in [0.717, 1.165) is 5.69 Å². The van der Waals surface area contributed by atoms with Crippen LogP contribution in [0, 0.1) is 6.92 Å². The van der Waals surface area contributed by atoms with Gasteiger partial charge in [-0.3, -0.25) is 9.59 Å². The molecule has 7 heteroatoms. The zero-order valence-electron chi connectivity index (χ0n) is 13.2. The maximum Gasteiger partial charge on any atom is 0.237 e. The van der Waals surface area contributed by atoms with E-state index in [-0.39, 0.29) is 17.1 Å². The lowest BCUT2D eigenvalue weighted by atomic mass is 10.2. The molecule has 1 heterocycles. The Bertz CT molecular complexity index is 721. The number of thioether (sulfide) groups is 1. The predicted molar refractivity (Wildman–Crippen MR) is 91.5 cm³/mol. The van der Waals surface area contributed by atoms with Crippen molar-refractivity contribution in [3.8, 4) is 0 Å². The van der Waals surface area contributed by atoms with E-state index in [1.807, 2.05) is 13.0 Å². The number of benzene rings is 1. The van der Waals surface area contributed by atoms with Crippen LogP contribution in [0.2, 0.25) is 0 Å². The lowest BCUT2D eigenvalue weighted by Gasteiger charge is -2.12. The number of rotatable bonds is 5. The highest BCUT2D eigenvalue weighted by Crippen LogP contribution is 2.21. The summed E-state index contributed by atoms with van der Waals surface area (Å²) in [7, 11) is 0. The van der Waals surface area contributed by atoms with E-state index in [1.165, 1.54) is 18.7 Å². The second kappa shape index (κ2) is 7.73. The van der Waals surface area contributed by atoms with E-state index in [4.69, 9.17) is 0 Å². The summed E-state index contributed by atoms with van der Waals surface area (Å²) >= 11 is 1.30. The lowest BCUT2D eigenvalue weighted by molar-refractivity contribution is -0.115. The molecule has 0 aliphatic carbocycles. The van der Waals surface area contributed by atoms with Crippen molar-refractivity contribution in [2.24, 2.45) is 0 Å². The fraction of sp³-hybridized carbons (Fsp3) is 0.250. The summed E-state index contributed by atoms with van der Waals surface area (Å²) in [5.41, 5.74) is 2.12. The van der Waals surface area contributed by atoms with E-state index in [1.54, 1.807) is 37.4 Å². The van der Waals surface area contributed by atoms with Crippen LogP contribution in [0.5, 0.6) is 0 Å². The molecule has 2 N–H and O–H groups in total. The van der Waals surface area contributed by atoms with Gasteiger partial charge in [0.15, 0.2) is 5.16 Å². The van der Waals surface area contributed by atoms with Crippen LogP contribution in [-0.4, -0.2) is 27.0 Å². The molecule has 2 aromatic rings. The minimum Gasteiger partial charge on any atom is -0.326 e. The van der Waals surface area contributed by atoms with Gasteiger partial charge in [-0.05, 0) is 38.1 Å². The van der Waals surface area contributed by atoms with Gasteiger partial charge in [0.25, 0.3) is 0 Å². The number of nitrogens with one attached hydrogen (secondary N) is 2. The van der Waals surface area contributed by atoms with Gasteiger partial charge in [0.1, 0.15) is 0 Å². The third-order valence-corrected chi connectivity index (χ3v) is 3.85. The molecule has 1 atom stereocenters. The van der Waals surface area contributed by atoms with E-state index in [2.05, 4.69) is 20.6 Å². The monoisotopic (exact) mass is 330 g/mol. The summed E-state index contributed by atoms with van der Waals surface area (Å²) in [4.78, 5) is 31.7. The van der Waals surface area contributed by atoms with Crippen LogP contribution in [0.15, 0.2) is 41.7 Å². The number of hydrogen-bond donors (Lipinski definition) is 2. The number of hydrogen-bond acceptors (Lipinski definition) is 5. The molecule has 0 saturated heterocycles. The zero-order chi connectivity index (χ0) is 16.8. The molecule has 0 saturated carbocycles. The highest BCUT2D eigenvalue weighted by Gasteiger charge is 2.16. The van der Waals surface area contributed by atoms with E-state index >= 15 is 0 Å². The van der Waals surface area contributed by atoms with E-state index in [9.17, 15) is 9.59 Å². The van der Waals surface area contributed by atoms with Crippen LogP contribution < -0.4 is 10.6 Å². The molecule has 0 aliphatic heterocycles. The Hall–Kier alpha value is -2.41. The van der Waals surface area contributed by atoms with Crippen molar-refractivity contribution in [1.29, 1.82) is 0 Å². The summed E-state index contributed by atoms with van der Waals surface area (Å²) in [6.07, 6.45) is 1.67. The molecule has 1 aromatic heterocycles. The van der Waals surface area contributed by atoms with Crippen molar-refractivity contribution in [2.75, 3.05) is 10.6 Å². The van der Waals surface area contributed by atoms with Gasteiger partial charge in [0.2, 0.25) is 11.8 Å². The Labute approximate surface area is 139 Å². The minimum absolute atomic E-state index is 0.153. The molecule has 2 rings (SSSR count). The van der Waals surface area contributed by atoms with Crippen molar-refractivity contribution in [3.63, 3.8) is 0 Å². The third kappa shape index (κ3) is 5.37. The summed E-state index contributed by atoms with van der Waals surface area (Å²) < 4.78 is 0. The number of aromatic nitrogens is 2. The molecule has 23 heavy (non-hydrogen) atoms. The molecule has 0 radical (unpaired) electrons. The van der Waals surface area contributed by atoms with Gasteiger partial charge in [-0.25, -0.2) is 9.97 Å². The van der Waals surface area contributed by atoms with Gasteiger partial charge in [-0.2, -0.15) is 0 Å². The number of aryl methyl sites for hydroxylation is 1. The second-order valence-corrected chi connectivity index (χ2v) is 6.30. The first-order valence-corrected chi connectivity index (χ1v) is 7.97. The van der Waals surface area contributed by atoms with Crippen molar-refractivity contribution >= 4 is 35.0 Å². The lowest BCUT2D eigenvalue weighted by Crippen LogP contribution is -2.22. The fourth-order valence-corrected chi connectivity index (χ4v) is 2.62. The molecular weight excluding hydrogens is 312 g/mol. The quantitative estimate of drug-likeness (QED) is 0.650. The van der Waals surface area contributed by atoms with Crippen LogP contribution in [0.1, 0.15) is 19.5 Å². The van der Waals surface area contributed by atoms with Crippen LogP contribution in [-0.2, 0) is 9.59 Å². The Morgan fingerprint density at radius 1 is 1.17 bits per heavy atom. The summed E-state index contributed by atoms with van der Waals surface area (Å²) in [6, 6.07) is 8.81.